The molecule has 0 atom stereocenters. The molecule has 0 saturated heterocycles. The molecule has 132 valence electrons. The van der Waals surface area contributed by atoms with E-state index in [4.69, 9.17) is 9.47 Å². The number of fused-ring (bicyclic) bond motifs is 1. The Kier molecular flexibility index (Phi) is 5.38. The lowest BCUT2D eigenvalue weighted by molar-refractivity contribution is 0.0526. The zero-order valence-corrected chi connectivity index (χ0v) is 15.2. The van der Waals surface area contributed by atoms with Gasteiger partial charge in [0.2, 0.25) is 0 Å². The zero-order valence-electron chi connectivity index (χ0n) is 14.4. The molecular weight excluding hydrogens is 338 g/mol. The van der Waals surface area contributed by atoms with E-state index in [0.29, 0.717) is 28.5 Å². The standard InChI is InChI=1S/C19H21NO4S/c1-3-24-19(22)17-14-6-4-5-7-16(14)25-18(17)20-11-12-10-13(23-2)8-9-15(12)21/h8-11,21H,3-7H2,1-2H3. The molecule has 0 radical (unpaired) electrons. The third-order valence-corrected chi connectivity index (χ3v) is 5.39. The normalized spacial score (nSPS) is 13.7. The molecule has 0 unspecified atom stereocenters. The molecule has 5 nitrogen and oxygen atoms in total. The largest absolute Gasteiger partial charge is 0.507 e. The lowest BCUT2D eigenvalue weighted by Gasteiger charge is -2.11. The Labute approximate surface area is 150 Å². The van der Waals surface area contributed by atoms with E-state index in [1.807, 2.05) is 0 Å². The van der Waals surface area contributed by atoms with Crippen molar-refractivity contribution in [2.75, 3.05) is 13.7 Å². The molecule has 25 heavy (non-hydrogen) atoms. The minimum atomic E-state index is -0.316. The fourth-order valence-corrected chi connectivity index (χ4v) is 4.17. The quantitative estimate of drug-likeness (QED) is 0.639. The highest BCUT2D eigenvalue weighted by atomic mass is 32.1. The number of aryl methyl sites for hydroxylation is 1. The van der Waals surface area contributed by atoms with E-state index in [-0.39, 0.29) is 11.7 Å². The van der Waals surface area contributed by atoms with Crippen LogP contribution in [0.25, 0.3) is 0 Å². The SMILES string of the molecule is CCOC(=O)c1c(N=Cc2cc(OC)ccc2O)sc2c1CCCC2. The molecule has 0 saturated carbocycles. The third kappa shape index (κ3) is 3.69. The number of aromatic hydroxyl groups is 1. The Balaban J connectivity index is 1.99. The van der Waals surface area contributed by atoms with Crippen LogP contribution in [-0.2, 0) is 17.6 Å². The van der Waals surface area contributed by atoms with Gasteiger partial charge in [-0.2, -0.15) is 0 Å². The minimum absolute atomic E-state index is 0.114. The molecule has 1 aromatic carbocycles. The van der Waals surface area contributed by atoms with Crippen LogP contribution in [0.4, 0.5) is 5.00 Å². The van der Waals surface area contributed by atoms with Crippen LogP contribution in [-0.4, -0.2) is 31.0 Å². The Bertz CT molecular complexity index is 810. The first-order chi connectivity index (χ1) is 12.1. The number of hydrogen-bond acceptors (Lipinski definition) is 6. The van der Waals surface area contributed by atoms with Gasteiger partial charge in [0.1, 0.15) is 16.5 Å². The highest BCUT2D eigenvalue weighted by Gasteiger charge is 2.26. The summed E-state index contributed by atoms with van der Waals surface area (Å²) in [5.41, 5.74) is 2.21. The molecule has 0 bridgehead atoms. The number of phenolic OH excluding ortho intramolecular Hbond substituents is 1. The first kappa shape index (κ1) is 17.5. The van der Waals surface area contributed by atoms with Crippen LogP contribution in [0.3, 0.4) is 0 Å². The number of benzene rings is 1. The molecule has 1 aliphatic rings. The van der Waals surface area contributed by atoms with E-state index in [2.05, 4.69) is 4.99 Å². The molecule has 1 heterocycles. The maximum absolute atomic E-state index is 12.4. The predicted octanol–water partition coefficient (Wildman–Crippen LogP) is 4.27. The number of carbonyl (C=O) groups excluding carboxylic acids is 1. The van der Waals surface area contributed by atoms with Crippen LogP contribution in [0.5, 0.6) is 11.5 Å². The molecule has 6 heteroatoms. The van der Waals surface area contributed by atoms with Gasteiger partial charge in [-0.15, -0.1) is 11.3 Å². The van der Waals surface area contributed by atoms with E-state index in [1.165, 1.54) is 16.2 Å². The average Bonchev–Trinajstić information content (AvgIpc) is 2.99. The van der Waals surface area contributed by atoms with Crippen LogP contribution in [0.2, 0.25) is 0 Å². The van der Waals surface area contributed by atoms with Crippen molar-refractivity contribution in [3.05, 3.63) is 39.8 Å². The maximum Gasteiger partial charge on any atom is 0.341 e. The number of methoxy groups -OCH3 is 1. The highest BCUT2D eigenvalue weighted by molar-refractivity contribution is 7.16. The summed E-state index contributed by atoms with van der Waals surface area (Å²) in [6.45, 7) is 2.14. The molecule has 0 fully saturated rings. The summed E-state index contributed by atoms with van der Waals surface area (Å²) in [5.74, 6) is 0.433. The topological polar surface area (TPSA) is 68.1 Å². The third-order valence-electron chi connectivity index (χ3n) is 4.19. The minimum Gasteiger partial charge on any atom is -0.507 e. The van der Waals surface area contributed by atoms with E-state index in [1.54, 1.807) is 38.4 Å². The van der Waals surface area contributed by atoms with Gasteiger partial charge in [0, 0.05) is 16.7 Å². The van der Waals surface area contributed by atoms with Crippen molar-refractivity contribution in [3.8, 4) is 11.5 Å². The molecule has 1 N–H and O–H groups in total. The number of thiophene rings is 1. The summed E-state index contributed by atoms with van der Waals surface area (Å²) >= 11 is 1.54. The van der Waals surface area contributed by atoms with Crippen molar-refractivity contribution in [1.82, 2.24) is 0 Å². The summed E-state index contributed by atoms with van der Waals surface area (Å²) in [4.78, 5) is 18.1. The van der Waals surface area contributed by atoms with Gasteiger partial charge in [0.25, 0.3) is 0 Å². The molecule has 0 aliphatic heterocycles. The van der Waals surface area contributed by atoms with Gasteiger partial charge in [-0.05, 0) is 56.4 Å². The monoisotopic (exact) mass is 359 g/mol. The number of carbonyl (C=O) groups is 1. The van der Waals surface area contributed by atoms with E-state index in [9.17, 15) is 9.90 Å². The van der Waals surface area contributed by atoms with E-state index < -0.39 is 0 Å². The molecular formula is C19H21NO4S. The number of aliphatic imine (C=N–C) groups is 1. The Hall–Kier alpha value is -2.34. The van der Waals surface area contributed by atoms with Gasteiger partial charge < -0.3 is 14.6 Å². The molecule has 1 aliphatic carbocycles. The Morgan fingerprint density at radius 1 is 1.36 bits per heavy atom. The van der Waals surface area contributed by atoms with Gasteiger partial charge in [-0.1, -0.05) is 0 Å². The molecule has 2 aromatic rings. The fourth-order valence-electron chi connectivity index (χ4n) is 2.95. The lowest BCUT2D eigenvalue weighted by Crippen LogP contribution is -2.09. The second kappa shape index (κ2) is 7.70. The molecule has 1 aromatic heterocycles. The van der Waals surface area contributed by atoms with Crippen LogP contribution in [0.15, 0.2) is 23.2 Å². The number of esters is 1. The van der Waals surface area contributed by atoms with Crippen LogP contribution >= 0.6 is 11.3 Å². The average molecular weight is 359 g/mol. The van der Waals surface area contributed by atoms with Crippen molar-refractivity contribution in [3.63, 3.8) is 0 Å². The van der Waals surface area contributed by atoms with Crippen LogP contribution < -0.4 is 4.74 Å². The van der Waals surface area contributed by atoms with Crippen molar-refractivity contribution in [1.29, 1.82) is 0 Å². The van der Waals surface area contributed by atoms with Gasteiger partial charge >= 0.3 is 5.97 Å². The second-order valence-corrected chi connectivity index (χ2v) is 6.88. The fraction of sp³-hybridized carbons (Fsp3) is 0.368. The van der Waals surface area contributed by atoms with Crippen molar-refractivity contribution in [2.24, 2.45) is 4.99 Å². The zero-order chi connectivity index (χ0) is 17.8. The summed E-state index contributed by atoms with van der Waals surface area (Å²) in [7, 11) is 1.57. The number of ether oxygens (including phenoxy) is 2. The maximum atomic E-state index is 12.4. The summed E-state index contributed by atoms with van der Waals surface area (Å²) < 4.78 is 10.4. The smallest absolute Gasteiger partial charge is 0.341 e. The second-order valence-electron chi connectivity index (χ2n) is 5.79. The van der Waals surface area contributed by atoms with Crippen molar-refractivity contribution >= 4 is 28.5 Å². The Morgan fingerprint density at radius 3 is 2.92 bits per heavy atom. The van der Waals surface area contributed by atoms with Crippen LogP contribution in [0, 0.1) is 0 Å². The van der Waals surface area contributed by atoms with Gasteiger partial charge in [0.05, 0.1) is 19.3 Å². The van der Waals surface area contributed by atoms with Crippen LogP contribution in [0.1, 0.15) is 46.1 Å². The summed E-state index contributed by atoms with van der Waals surface area (Å²) in [6.07, 6.45) is 5.65. The molecule has 0 spiro atoms. The number of hydrogen-bond donors (Lipinski definition) is 1. The number of phenols is 1. The van der Waals surface area contributed by atoms with Gasteiger partial charge in [0.15, 0.2) is 0 Å². The Morgan fingerprint density at radius 2 is 2.16 bits per heavy atom. The van der Waals surface area contributed by atoms with Gasteiger partial charge in [-0.25, -0.2) is 9.79 Å². The van der Waals surface area contributed by atoms with E-state index in [0.717, 1.165) is 31.2 Å². The molecule has 3 rings (SSSR count). The number of rotatable bonds is 5. The van der Waals surface area contributed by atoms with Crippen molar-refractivity contribution < 1.29 is 19.4 Å². The first-order valence-corrected chi connectivity index (χ1v) is 9.18. The predicted molar refractivity (Wildman–Crippen MR) is 98.8 cm³/mol. The number of nitrogens with zero attached hydrogens (tertiary/aromatic N) is 1. The highest BCUT2D eigenvalue weighted by Crippen LogP contribution is 2.40. The molecule has 0 amide bonds. The first-order valence-electron chi connectivity index (χ1n) is 8.36. The summed E-state index contributed by atoms with van der Waals surface area (Å²) in [5, 5.41) is 10.6. The lowest BCUT2D eigenvalue weighted by atomic mass is 9.95. The van der Waals surface area contributed by atoms with Crippen molar-refractivity contribution in [2.45, 2.75) is 32.6 Å². The summed E-state index contributed by atoms with van der Waals surface area (Å²) in [6, 6.07) is 4.95. The van der Waals surface area contributed by atoms with E-state index >= 15 is 0 Å². The van der Waals surface area contributed by atoms with Gasteiger partial charge in [-0.3, -0.25) is 0 Å².